The van der Waals surface area contributed by atoms with Crippen molar-refractivity contribution >= 4 is 17.7 Å². The summed E-state index contributed by atoms with van der Waals surface area (Å²) in [6.07, 6.45) is -1.86. The lowest BCUT2D eigenvalue weighted by atomic mass is 9.92. The van der Waals surface area contributed by atoms with Gasteiger partial charge in [0.05, 0.1) is 5.69 Å². The molecule has 0 saturated carbocycles. The molecule has 1 aromatic rings. The Hall–Kier alpha value is -2.28. The van der Waals surface area contributed by atoms with Crippen LogP contribution >= 0.6 is 0 Å². The maximum absolute atomic E-state index is 11.4. The fourth-order valence-corrected chi connectivity index (χ4v) is 3.02. The highest BCUT2D eigenvalue weighted by Crippen LogP contribution is 2.45. The molecule has 2 aliphatic heterocycles. The van der Waals surface area contributed by atoms with Crippen LogP contribution in [0.5, 0.6) is 0 Å². The fraction of sp³-hybridized carbons (Fsp3) is 0.385. The number of aliphatic carboxylic acids is 1. The molecule has 106 valence electrons. The molecule has 0 bridgehead atoms. The minimum Gasteiger partial charge on any atom is -0.480 e. The summed E-state index contributed by atoms with van der Waals surface area (Å²) in [5.74, 6) is -1.41. The summed E-state index contributed by atoms with van der Waals surface area (Å²) in [7, 11) is 1.68. The van der Waals surface area contributed by atoms with Gasteiger partial charge in [-0.1, -0.05) is 18.2 Å². The van der Waals surface area contributed by atoms with Gasteiger partial charge < -0.3 is 10.2 Å². The van der Waals surface area contributed by atoms with Gasteiger partial charge in [-0.15, -0.1) is 0 Å². The summed E-state index contributed by atoms with van der Waals surface area (Å²) in [6, 6.07) is 6.38. The van der Waals surface area contributed by atoms with Crippen molar-refractivity contribution in [2.24, 2.45) is 0 Å². The predicted octanol–water partition coefficient (Wildman–Crippen LogP) is 1.31. The SMILES string of the molecule is CN1OC2C(CC(C(=O)O)N2C(=O)O)c2ccccc21. The number of amides is 1. The van der Waals surface area contributed by atoms with Gasteiger partial charge in [0.25, 0.3) is 0 Å². The third-order valence-corrected chi connectivity index (χ3v) is 3.88. The van der Waals surface area contributed by atoms with Crippen molar-refractivity contribution in [3.05, 3.63) is 29.8 Å². The van der Waals surface area contributed by atoms with E-state index >= 15 is 0 Å². The highest BCUT2D eigenvalue weighted by molar-refractivity contribution is 5.81. The Labute approximate surface area is 114 Å². The van der Waals surface area contributed by atoms with Crippen LogP contribution in [-0.2, 0) is 9.63 Å². The van der Waals surface area contributed by atoms with Crippen molar-refractivity contribution in [3.8, 4) is 0 Å². The average Bonchev–Trinajstić information content (AvgIpc) is 2.79. The third-order valence-electron chi connectivity index (χ3n) is 3.88. The lowest BCUT2D eigenvalue weighted by Gasteiger charge is -2.37. The maximum Gasteiger partial charge on any atom is 0.410 e. The van der Waals surface area contributed by atoms with Crippen molar-refractivity contribution in [3.63, 3.8) is 0 Å². The highest BCUT2D eigenvalue weighted by Gasteiger charge is 2.52. The van der Waals surface area contributed by atoms with Crippen LogP contribution in [0.4, 0.5) is 10.5 Å². The number of benzene rings is 1. The average molecular weight is 278 g/mol. The van der Waals surface area contributed by atoms with Crippen LogP contribution in [0.15, 0.2) is 24.3 Å². The Balaban J connectivity index is 2.05. The number of hydrogen-bond donors (Lipinski definition) is 2. The molecule has 2 N–H and O–H groups in total. The van der Waals surface area contributed by atoms with Gasteiger partial charge in [0, 0.05) is 13.0 Å². The van der Waals surface area contributed by atoms with Crippen LogP contribution in [0.1, 0.15) is 17.9 Å². The van der Waals surface area contributed by atoms with E-state index in [2.05, 4.69) is 0 Å². The van der Waals surface area contributed by atoms with Gasteiger partial charge in [0.15, 0.2) is 6.23 Å². The van der Waals surface area contributed by atoms with E-state index < -0.39 is 24.3 Å². The Morgan fingerprint density at radius 1 is 1.30 bits per heavy atom. The molecule has 3 atom stereocenters. The van der Waals surface area contributed by atoms with Crippen LogP contribution in [0.25, 0.3) is 0 Å². The number of carbonyl (C=O) groups is 2. The van der Waals surface area contributed by atoms with E-state index in [0.717, 1.165) is 16.2 Å². The van der Waals surface area contributed by atoms with Crippen LogP contribution in [0.2, 0.25) is 0 Å². The Morgan fingerprint density at radius 3 is 2.65 bits per heavy atom. The van der Waals surface area contributed by atoms with Gasteiger partial charge in [-0.3, -0.25) is 9.96 Å². The van der Waals surface area contributed by atoms with Crippen LogP contribution < -0.4 is 5.06 Å². The Morgan fingerprint density at radius 2 is 2.00 bits per heavy atom. The number of likely N-dealkylation sites (tertiary alicyclic amines) is 1. The smallest absolute Gasteiger partial charge is 0.410 e. The maximum atomic E-state index is 11.4. The van der Waals surface area contributed by atoms with Gasteiger partial charge in [-0.25, -0.2) is 14.4 Å². The zero-order valence-electron chi connectivity index (χ0n) is 10.8. The minimum absolute atomic E-state index is 0.219. The molecule has 2 heterocycles. The zero-order chi connectivity index (χ0) is 14.4. The largest absolute Gasteiger partial charge is 0.480 e. The van der Waals surface area contributed by atoms with Crippen LogP contribution in [-0.4, -0.2) is 46.5 Å². The molecule has 0 radical (unpaired) electrons. The second-order valence-corrected chi connectivity index (χ2v) is 4.94. The van der Waals surface area contributed by atoms with E-state index in [1.54, 1.807) is 7.05 Å². The molecular formula is C13H14N2O5. The molecule has 7 nitrogen and oxygen atoms in total. The first-order chi connectivity index (χ1) is 9.50. The molecule has 0 spiro atoms. The lowest BCUT2D eigenvalue weighted by molar-refractivity contribution is -0.144. The van der Waals surface area contributed by atoms with E-state index in [4.69, 9.17) is 4.84 Å². The highest BCUT2D eigenvalue weighted by atomic mass is 16.7. The van der Waals surface area contributed by atoms with Gasteiger partial charge in [-0.2, -0.15) is 0 Å². The van der Waals surface area contributed by atoms with Gasteiger partial charge >= 0.3 is 12.1 Å². The quantitative estimate of drug-likeness (QED) is 0.805. The van der Waals surface area contributed by atoms with E-state index in [-0.39, 0.29) is 12.3 Å². The topological polar surface area (TPSA) is 90.3 Å². The normalized spacial score (nSPS) is 27.9. The van der Waals surface area contributed by atoms with E-state index in [1.807, 2.05) is 24.3 Å². The molecule has 1 fully saturated rings. The zero-order valence-corrected chi connectivity index (χ0v) is 10.8. The second-order valence-electron chi connectivity index (χ2n) is 4.94. The lowest BCUT2D eigenvalue weighted by Crippen LogP contribution is -2.49. The van der Waals surface area contributed by atoms with Gasteiger partial charge in [-0.05, 0) is 18.1 Å². The predicted molar refractivity (Wildman–Crippen MR) is 68.4 cm³/mol. The van der Waals surface area contributed by atoms with E-state index in [9.17, 15) is 19.8 Å². The van der Waals surface area contributed by atoms with Crippen molar-refractivity contribution in [2.45, 2.75) is 24.6 Å². The molecule has 1 amide bonds. The number of anilines is 1. The minimum atomic E-state index is -1.28. The molecule has 1 aromatic carbocycles. The van der Waals surface area contributed by atoms with Crippen molar-refractivity contribution in [2.75, 3.05) is 12.1 Å². The molecule has 2 aliphatic rings. The Bertz CT molecular complexity index is 576. The number of carboxylic acid groups (broad SMARTS) is 2. The molecule has 1 saturated heterocycles. The molecule has 3 unspecified atom stereocenters. The molecule has 7 heteroatoms. The van der Waals surface area contributed by atoms with Gasteiger partial charge in [0.1, 0.15) is 6.04 Å². The summed E-state index contributed by atoms with van der Waals surface area (Å²) in [5, 5.41) is 20.0. The molecule has 3 rings (SSSR count). The summed E-state index contributed by atoms with van der Waals surface area (Å²) in [4.78, 5) is 29.1. The van der Waals surface area contributed by atoms with Crippen LogP contribution in [0, 0.1) is 0 Å². The van der Waals surface area contributed by atoms with E-state index in [1.165, 1.54) is 5.06 Å². The molecule has 0 aliphatic carbocycles. The molecular weight excluding hydrogens is 264 g/mol. The van der Waals surface area contributed by atoms with E-state index in [0.29, 0.717) is 0 Å². The summed E-state index contributed by atoms with van der Waals surface area (Å²) in [5.41, 5.74) is 1.76. The summed E-state index contributed by atoms with van der Waals surface area (Å²) in [6.45, 7) is 0. The van der Waals surface area contributed by atoms with Crippen molar-refractivity contribution in [1.82, 2.24) is 4.90 Å². The first-order valence-corrected chi connectivity index (χ1v) is 6.24. The monoisotopic (exact) mass is 278 g/mol. The number of rotatable bonds is 1. The van der Waals surface area contributed by atoms with Gasteiger partial charge in [0.2, 0.25) is 0 Å². The number of nitrogens with zero attached hydrogens (tertiary/aromatic N) is 2. The Kier molecular flexibility index (Phi) is 2.79. The summed E-state index contributed by atoms with van der Waals surface area (Å²) >= 11 is 0. The molecule has 0 aromatic heterocycles. The van der Waals surface area contributed by atoms with Crippen LogP contribution in [0.3, 0.4) is 0 Å². The molecule has 20 heavy (non-hydrogen) atoms. The number of para-hydroxylation sites is 1. The van der Waals surface area contributed by atoms with Crippen molar-refractivity contribution < 1.29 is 24.6 Å². The summed E-state index contributed by atoms with van der Waals surface area (Å²) < 4.78 is 0. The number of fused-ring (bicyclic) bond motifs is 3. The first kappa shape index (κ1) is 12.7. The third kappa shape index (κ3) is 1.70. The first-order valence-electron chi connectivity index (χ1n) is 6.24. The number of hydrogen-bond acceptors (Lipinski definition) is 4. The van der Waals surface area contributed by atoms with Crippen molar-refractivity contribution in [1.29, 1.82) is 0 Å². The standard InChI is InChI=1S/C13H14N2O5/c1-14-9-5-3-2-4-7(9)8-6-10(12(16)17)15(13(18)19)11(8)20-14/h2-5,8,10-11H,6H2,1H3,(H,16,17)(H,18,19). The number of carboxylic acids is 1. The fourth-order valence-electron chi connectivity index (χ4n) is 3.02. The second kappa shape index (κ2) is 4.38. The number of hydroxylamine groups is 1.